The van der Waals surface area contributed by atoms with Crippen molar-refractivity contribution in [2.45, 2.75) is 32.4 Å². The lowest BCUT2D eigenvalue weighted by atomic mass is 9.95. The van der Waals surface area contributed by atoms with Gasteiger partial charge >= 0.3 is 0 Å². The monoisotopic (exact) mass is 261 g/mol. The maximum atomic E-state index is 3.34. The molecule has 19 heavy (non-hydrogen) atoms. The van der Waals surface area contributed by atoms with Gasteiger partial charge in [0.05, 0.1) is 6.04 Å². The number of likely N-dealkylation sites (N-methyl/N-ethyl adjacent to an activating group) is 2. The first-order chi connectivity index (χ1) is 8.95. The van der Waals surface area contributed by atoms with Gasteiger partial charge in [-0.3, -0.25) is 4.90 Å². The molecule has 0 bridgehead atoms. The lowest BCUT2D eigenvalue weighted by Crippen LogP contribution is -2.64. The van der Waals surface area contributed by atoms with Crippen molar-refractivity contribution in [2.24, 2.45) is 0 Å². The van der Waals surface area contributed by atoms with Crippen LogP contribution in [-0.4, -0.2) is 50.2 Å². The SMILES string of the molecule is CNCC1CN(C)C(C)(C)CN1c1ccccc1C. The van der Waals surface area contributed by atoms with Gasteiger partial charge in [0.1, 0.15) is 0 Å². The largest absolute Gasteiger partial charge is 0.364 e. The number of rotatable bonds is 3. The maximum absolute atomic E-state index is 3.34. The fraction of sp³-hybridized carbons (Fsp3) is 0.625. The molecular weight excluding hydrogens is 234 g/mol. The molecular formula is C16H27N3. The van der Waals surface area contributed by atoms with E-state index in [-0.39, 0.29) is 5.54 Å². The molecule has 1 unspecified atom stereocenters. The highest BCUT2D eigenvalue weighted by Crippen LogP contribution is 2.29. The molecule has 0 amide bonds. The zero-order valence-corrected chi connectivity index (χ0v) is 12.9. The molecule has 1 aliphatic heterocycles. The minimum atomic E-state index is 0.215. The van der Waals surface area contributed by atoms with Crippen LogP contribution < -0.4 is 10.2 Å². The second-order valence-corrected chi connectivity index (χ2v) is 6.32. The molecule has 0 spiro atoms. The molecule has 1 saturated heterocycles. The van der Waals surface area contributed by atoms with Crippen LogP contribution in [0.4, 0.5) is 5.69 Å². The average Bonchev–Trinajstić information content (AvgIpc) is 2.35. The quantitative estimate of drug-likeness (QED) is 0.899. The maximum Gasteiger partial charge on any atom is 0.0542 e. The Bertz CT molecular complexity index is 428. The van der Waals surface area contributed by atoms with E-state index in [1.54, 1.807) is 0 Å². The van der Waals surface area contributed by atoms with Crippen molar-refractivity contribution in [1.29, 1.82) is 0 Å². The number of nitrogens with one attached hydrogen (secondary N) is 1. The number of piperazine rings is 1. The van der Waals surface area contributed by atoms with Crippen LogP contribution in [0, 0.1) is 6.92 Å². The summed E-state index contributed by atoms with van der Waals surface area (Å²) in [5, 5.41) is 3.34. The van der Waals surface area contributed by atoms with Gasteiger partial charge in [0, 0.05) is 30.9 Å². The summed E-state index contributed by atoms with van der Waals surface area (Å²) in [7, 11) is 4.27. The summed E-state index contributed by atoms with van der Waals surface area (Å²) in [6, 6.07) is 9.25. The Balaban J connectivity index is 2.31. The number of para-hydroxylation sites is 1. The molecule has 3 heteroatoms. The van der Waals surface area contributed by atoms with Gasteiger partial charge in [-0.25, -0.2) is 0 Å². The average molecular weight is 261 g/mol. The Morgan fingerprint density at radius 1 is 1.32 bits per heavy atom. The Labute approximate surface area is 117 Å². The molecule has 1 atom stereocenters. The number of hydrogen-bond donors (Lipinski definition) is 1. The Hall–Kier alpha value is -1.06. The van der Waals surface area contributed by atoms with E-state index in [4.69, 9.17) is 0 Å². The summed E-state index contributed by atoms with van der Waals surface area (Å²) in [5.74, 6) is 0. The van der Waals surface area contributed by atoms with Crippen molar-refractivity contribution >= 4 is 5.69 Å². The molecule has 1 aromatic rings. The molecule has 1 fully saturated rings. The van der Waals surface area contributed by atoms with E-state index in [1.165, 1.54) is 11.3 Å². The molecule has 0 radical (unpaired) electrons. The van der Waals surface area contributed by atoms with Gasteiger partial charge in [-0.1, -0.05) is 18.2 Å². The lowest BCUT2D eigenvalue weighted by molar-refractivity contribution is 0.114. The van der Waals surface area contributed by atoms with Crippen LogP contribution >= 0.6 is 0 Å². The fourth-order valence-corrected chi connectivity index (χ4v) is 2.91. The van der Waals surface area contributed by atoms with E-state index < -0.39 is 0 Å². The van der Waals surface area contributed by atoms with Gasteiger partial charge in [-0.2, -0.15) is 0 Å². The van der Waals surface area contributed by atoms with Gasteiger partial charge in [0.15, 0.2) is 0 Å². The number of nitrogens with zero attached hydrogens (tertiary/aromatic N) is 2. The highest BCUT2D eigenvalue weighted by Gasteiger charge is 2.36. The summed E-state index contributed by atoms with van der Waals surface area (Å²) in [6.07, 6.45) is 0. The number of aryl methyl sites for hydroxylation is 1. The van der Waals surface area contributed by atoms with Crippen LogP contribution in [-0.2, 0) is 0 Å². The van der Waals surface area contributed by atoms with Crippen LogP contribution in [0.5, 0.6) is 0 Å². The van der Waals surface area contributed by atoms with E-state index in [1.807, 2.05) is 7.05 Å². The van der Waals surface area contributed by atoms with E-state index in [0.717, 1.165) is 19.6 Å². The molecule has 1 aliphatic rings. The number of hydrogen-bond acceptors (Lipinski definition) is 3. The third-order valence-corrected chi connectivity index (χ3v) is 4.38. The number of benzene rings is 1. The van der Waals surface area contributed by atoms with Gasteiger partial charge in [-0.05, 0) is 46.5 Å². The minimum absolute atomic E-state index is 0.215. The second kappa shape index (κ2) is 5.51. The normalized spacial score (nSPS) is 23.6. The Morgan fingerprint density at radius 2 is 2.00 bits per heavy atom. The summed E-state index contributed by atoms with van der Waals surface area (Å²) in [5.41, 5.74) is 2.96. The topological polar surface area (TPSA) is 18.5 Å². The van der Waals surface area contributed by atoms with Crippen LogP contribution in [0.2, 0.25) is 0 Å². The van der Waals surface area contributed by atoms with Crippen molar-refractivity contribution in [2.75, 3.05) is 38.6 Å². The van der Waals surface area contributed by atoms with E-state index in [2.05, 4.69) is 67.2 Å². The zero-order valence-electron chi connectivity index (χ0n) is 12.9. The molecule has 0 saturated carbocycles. The van der Waals surface area contributed by atoms with Crippen molar-refractivity contribution in [1.82, 2.24) is 10.2 Å². The molecule has 0 aliphatic carbocycles. The molecule has 1 aromatic carbocycles. The summed E-state index contributed by atoms with van der Waals surface area (Å²) in [4.78, 5) is 5.05. The first kappa shape index (κ1) is 14.4. The molecule has 1 N–H and O–H groups in total. The first-order valence-corrected chi connectivity index (χ1v) is 7.14. The summed E-state index contributed by atoms with van der Waals surface area (Å²) < 4.78 is 0. The Morgan fingerprint density at radius 3 is 2.63 bits per heavy atom. The molecule has 1 heterocycles. The Kier molecular flexibility index (Phi) is 4.16. The van der Waals surface area contributed by atoms with Crippen molar-refractivity contribution in [3.8, 4) is 0 Å². The van der Waals surface area contributed by atoms with Gasteiger partial charge < -0.3 is 10.2 Å². The molecule has 0 aromatic heterocycles. The van der Waals surface area contributed by atoms with Crippen LogP contribution in [0.25, 0.3) is 0 Å². The predicted octanol–water partition coefficient (Wildman–Crippen LogP) is 2.11. The molecule has 3 nitrogen and oxygen atoms in total. The van der Waals surface area contributed by atoms with Crippen molar-refractivity contribution in [3.05, 3.63) is 29.8 Å². The predicted molar refractivity (Wildman–Crippen MR) is 82.9 cm³/mol. The highest BCUT2D eigenvalue weighted by molar-refractivity contribution is 5.55. The molecule has 106 valence electrons. The van der Waals surface area contributed by atoms with Crippen LogP contribution in [0.15, 0.2) is 24.3 Å². The van der Waals surface area contributed by atoms with E-state index >= 15 is 0 Å². The van der Waals surface area contributed by atoms with E-state index in [0.29, 0.717) is 6.04 Å². The van der Waals surface area contributed by atoms with Gasteiger partial charge in [0.25, 0.3) is 0 Å². The fourth-order valence-electron chi connectivity index (χ4n) is 2.91. The van der Waals surface area contributed by atoms with Crippen LogP contribution in [0.3, 0.4) is 0 Å². The third kappa shape index (κ3) is 2.93. The number of anilines is 1. The zero-order chi connectivity index (χ0) is 14.0. The van der Waals surface area contributed by atoms with Gasteiger partial charge in [0.2, 0.25) is 0 Å². The van der Waals surface area contributed by atoms with E-state index in [9.17, 15) is 0 Å². The first-order valence-electron chi connectivity index (χ1n) is 7.14. The van der Waals surface area contributed by atoms with Crippen molar-refractivity contribution < 1.29 is 0 Å². The van der Waals surface area contributed by atoms with Crippen LogP contribution in [0.1, 0.15) is 19.4 Å². The summed E-state index contributed by atoms with van der Waals surface area (Å²) in [6.45, 7) is 10.1. The lowest BCUT2D eigenvalue weighted by Gasteiger charge is -2.51. The molecule has 2 rings (SSSR count). The van der Waals surface area contributed by atoms with Crippen molar-refractivity contribution in [3.63, 3.8) is 0 Å². The third-order valence-electron chi connectivity index (χ3n) is 4.38. The minimum Gasteiger partial charge on any atom is -0.364 e. The summed E-state index contributed by atoms with van der Waals surface area (Å²) >= 11 is 0. The smallest absolute Gasteiger partial charge is 0.0542 e. The standard InChI is InChI=1S/C16H27N3/c1-13-8-6-7-9-15(13)19-12-16(2,3)18(5)11-14(19)10-17-4/h6-9,14,17H,10-12H2,1-5H3. The van der Waals surface area contributed by atoms with Gasteiger partial charge in [-0.15, -0.1) is 0 Å². The second-order valence-electron chi connectivity index (χ2n) is 6.32. The highest BCUT2D eigenvalue weighted by atomic mass is 15.3.